The van der Waals surface area contributed by atoms with E-state index < -0.39 is 39.9 Å². The molecule has 0 spiro atoms. The molecule has 0 heterocycles. The molecular weight excluding hydrogens is 336 g/mol. The van der Waals surface area contributed by atoms with Gasteiger partial charge < -0.3 is 5.11 Å². The summed E-state index contributed by atoms with van der Waals surface area (Å²) in [6.45, 7) is -0.567. The van der Waals surface area contributed by atoms with Crippen molar-refractivity contribution in [3.05, 3.63) is 64.7 Å². The van der Waals surface area contributed by atoms with Crippen LogP contribution in [-0.2, 0) is 10.0 Å². The molecule has 2 N–H and O–H groups in total. The number of halogens is 3. The van der Waals surface area contributed by atoms with Crippen molar-refractivity contribution in [3.63, 3.8) is 0 Å². The monoisotopic (exact) mass is 347 g/mol. The fraction of sp³-hybridized carbons (Fsp3) is 0.143. The highest BCUT2D eigenvalue weighted by molar-refractivity contribution is 7.89. The van der Waals surface area contributed by atoms with Crippen LogP contribution in [-0.4, -0.2) is 20.1 Å². The maximum Gasteiger partial charge on any atom is 0.240 e. The highest BCUT2D eigenvalue weighted by Gasteiger charge is 2.21. The van der Waals surface area contributed by atoms with Crippen LogP contribution in [0, 0.1) is 11.6 Å². The van der Waals surface area contributed by atoms with Crippen molar-refractivity contribution >= 4 is 21.6 Å². The van der Waals surface area contributed by atoms with Crippen molar-refractivity contribution in [2.75, 3.05) is 6.54 Å². The number of hydrogen-bond donors (Lipinski definition) is 2. The van der Waals surface area contributed by atoms with Crippen LogP contribution < -0.4 is 4.72 Å². The van der Waals surface area contributed by atoms with Crippen LogP contribution in [0.5, 0.6) is 0 Å². The lowest BCUT2D eigenvalue weighted by Crippen LogP contribution is -2.29. The zero-order valence-corrected chi connectivity index (χ0v) is 12.7. The van der Waals surface area contributed by atoms with Crippen LogP contribution in [0.15, 0.2) is 47.4 Å². The number of benzene rings is 2. The van der Waals surface area contributed by atoms with Crippen molar-refractivity contribution in [3.8, 4) is 0 Å². The molecule has 0 amide bonds. The summed E-state index contributed by atoms with van der Waals surface area (Å²) in [4.78, 5) is -0.0712. The standard InChI is InChI=1S/C14H12ClF2NO3S/c15-9-4-6-10(7-5-9)22(20,21)18-8-13(19)14-11(16)2-1-3-12(14)17/h1-7,13,18-19H,8H2. The van der Waals surface area contributed by atoms with Gasteiger partial charge in [0.25, 0.3) is 0 Å². The Morgan fingerprint density at radius 1 is 1.09 bits per heavy atom. The van der Waals surface area contributed by atoms with Gasteiger partial charge in [-0.2, -0.15) is 0 Å². The molecule has 1 unspecified atom stereocenters. The van der Waals surface area contributed by atoms with Crippen LogP contribution in [0.3, 0.4) is 0 Å². The molecule has 2 rings (SSSR count). The number of rotatable bonds is 5. The van der Waals surface area contributed by atoms with E-state index in [1.165, 1.54) is 24.3 Å². The lowest BCUT2D eigenvalue weighted by Gasteiger charge is -2.14. The summed E-state index contributed by atoms with van der Waals surface area (Å²) in [6, 6.07) is 8.46. The predicted molar refractivity (Wildman–Crippen MR) is 78.0 cm³/mol. The average molecular weight is 348 g/mol. The van der Waals surface area contributed by atoms with Crippen molar-refractivity contribution in [2.45, 2.75) is 11.0 Å². The Morgan fingerprint density at radius 2 is 1.64 bits per heavy atom. The number of hydrogen-bond acceptors (Lipinski definition) is 3. The van der Waals surface area contributed by atoms with E-state index in [9.17, 15) is 22.3 Å². The molecule has 118 valence electrons. The van der Waals surface area contributed by atoms with Gasteiger partial charge in [0, 0.05) is 11.6 Å². The van der Waals surface area contributed by atoms with Crippen LogP contribution in [0.25, 0.3) is 0 Å². The minimum Gasteiger partial charge on any atom is -0.387 e. The van der Waals surface area contributed by atoms with E-state index in [1.807, 2.05) is 0 Å². The third kappa shape index (κ3) is 3.80. The smallest absolute Gasteiger partial charge is 0.240 e. The van der Waals surface area contributed by atoms with Gasteiger partial charge in [0.1, 0.15) is 11.6 Å². The maximum atomic E-state index is 13.5. The number of nitrogens with one attached hydrogen (secondary N) is 1. The molecule has 2 aromatic rings. The lowest BCUT2D eigenvalue weighted by molar-refractivity contribution is 0.172. The first-order valence-corrected chi connectivity index (χ1v) is 8.04. The van der Waals surface area contributed by atoms with Gasteiger partial charge in [-0.1, -0.05) is 17.7 Å². The third-order valence-corrected chi connectivity index (χ3v) is 4.62. The molecule has 0 bridgehead atoms. The van der Waals surface area contributed by atoms with Gasteiger partial charge in [0.05, 0.1) is 16.6 Å². The van der Waals surface area contributed by atoms with E-state index in [2.05, 4.69) is 4.72 Å². The molecule has 2 aromatic carbocycles. The molecule has 22 heavy (non-hydrogen) atoms. The highest BCUT2D eigenvalue weighted by Crippen LogP contribution is 2.21. The average Bonchev–Trinajstić information content (AvgIpc) is 2.45. The van der Waals surface area contributed by atoms with Gasteiger partial charge in [-0.3, -0.25) is 0 Å². The van der Waals surface area contributed by atoms with E-state index in [4.69, 9.17) is 11.6 Å². The Morgan fingerprint density at radius 3 is 2.18 bits per heavy atom. The van der Waals surface area contributed by atoms with Crippen molar-refractivity contribution < 1.29 is 22.3 Å². The molecule has 1 atom stereocenters. The lowest BCUT2D eigenvalue weighted by atomic mass is 10.1. The maximum absolute atomic E-state index is 13.5. The Kier molecular flexibility index (Phi) is 5.12. The van der Waals surface area contributed by atoms with Gasteiger partial charge in [-0.15, -0.1) is 0 Å². The summed E-state index contributed by atoms with van der Waals surface area (Å²) in [6.07, 6.45) is -1.65. The topological polar surface area (TPSA) is 66.4 Å². The molecule has 0 fully saturated rings. The molecule has 0 aromatic heterocycles. The van der Waals surface area contributed by atoms with Gasteiger partial charge in [-0.25, -0.2) is 21.9 Å². The molecule has 0 saturated heterocycles. The van der Waals surface area contributed by atoms with Gasteiger partial charge in [0.15, 0.2) is 0 Å². The van der Waals surface area contributed by atoms with Gasteiger partial charge >= 0.3 is 0 Å². The summed E-state index contributed by atoms with van der Waals surface area (Å²) in [7, 11) is -3.92. The zero-order valence-electron chi connectivity index (χ0n) is 11.1. The molecular formula is C14H12ClF2NO3S. The van der Waals surface area contributed by atoms with Gasteiger partial charge in [0.2, 0.25) is 10.0 Å². The minimum atomic E-state index is -3.92. The number of aliphatic hydroxyl groups is 1. The minimum absolute atomic E-state index is 0.0712. The van der Waals surface area contributed by atoms with Crippen molar-refractivity contribution in [1.29, 1.82) is 0 Å². The van der Waals surface area contributed by atoms with E-state index in [0.717, 1.165) is 18.2 Å². The van der Waals surface area contributed by atoms with E-state index in [-0.39, 0.29) is 4.90 Å². The molecule has 0 saturated carbocycles. The predicted octanol–water partition coefficient (Wildman–Crippen LogP) is 2.63. The number of aliphatic hydroxyl groups excluding tert-OH is 1. The Hall–Kier alpha value is -1.54. The molecule has 0 aliphatic heterocycles. The van der Waals surface area contributed by atoms with Crippen molar-refractivity contribution in [2.24, 2.45) is 0 Å². The molecule has 8 heteroatoms. The summed E-state index contributed by atoms with van der Waals surface area (Å²) in [5.74, 6) is -1.89. The SMILES string of the molecule is O=S(=O)(NCC(O)c1c(F)cccc1F)c1ccc(Cl)cc1. The summed E-state index contributed by atoms with van der Waals surface area (Å²) < 4.78 is 53.1. The van der Waals surface area contributed by atoms with Crippen LogP contribution in [0.1, 0.15) is 11.7 Å². The molecule has 0 aliphatic rings. The first-order chi connectivity index (χ1) is 10.3. The third-order valence-electron chi connectivity index (χ3n) is 2.92. The fourth-order valence-corrected chi connectivity index (χ4v) is 2.98. The summed E-state index contributed by atoms with van der Waals surface area (Å²) >= 11 is 5.67. The normalized spacial score (nSPS) is 13.1. The van der Waals surface area contributed by atoms with Crippen molar-refractivity contribution in [1.82, 2.24) is 4.72 Å². The zero-order chi connectivity index (χ0) is 16.3. The highest BCUT2D eigenvalue weighted by atomic mass is 35.5. The van der Waals surface area contributed by atoms with E-state index in [1.54, 1.807) is 0 Å². The Labute approximate surface area is 131 Å². The van der Waals surface area contributed by atoms with Gasteiger partial charge in [-0.05, 0) is 36.4 Å². The molecule has 0 aliphatic carbocycles. The first-order valence-electron chi connectivity index (χ1n) is 6.18. The summed E-state index contributed by atoms with van der Waals surface area (Å²) in [5, 5.41) is 10.2. The second kappa shape index (κ2) is 6.70. The van der Waals surface area contributed by atoms with Crippen LogP contribution >= 0.6 is 11.6 Å². The summed E-state index contributed by atoms with van der Waals surface area (Å²) in [5.41, 5.74) is -0.582. The van der Waals surface area contributed by atoms with E-state index >= 15 is 0 Å². The second-order valence-corrected chi connectivity index (χ2v) is 6.66. The quantitative estimate of drug-likeness (QED) is 0.873. The fourth-order valence-electron chi connectivity index (χ4n) is 1.82. The number of sulfonamides is 1. The van der Waals surface area contributed by atoms with Crippen LogP contribution in [0.4, 0.5) is 8.78 Å². The molecule has 4 nitrogen and oxygen atoms in total. The Bertz CT molecular complexity index is 746. The largest absolute Gasteiger partial charge is 0.387 e. The molecule has 0 radical (unpaired) electrons. The second-order valence-electron chi connectivity index (χ2n) is 4.46. The van der Waals surface area contributed by atoms with Crippen LogP contribution in [0.2, 0.25) is 5.02 Å². The Balaban J connectivity index is 2.13. The first kappa shape index (κ1) is 16.8. The van der Waals surface area contributed by atoms with E-state index in [0.29, 0.717) is 5.02 Å².